The molecule has 2 aliphatic heterocycles. The summed E-state index contributed by atoms with van der Waals surface area (Å²) in [5.41, 5.74) is 3.41. The monoisotopic (exact) mass is 609 g/mol. The maximum atomic E-state index is 12.4. The van der Waals surface area contributed by atoms with Gasteiger partial charge in [0, 0.05) is 73.6 Å². The van der Waals surface area contributed by atoms with E-state index >= 15 is 0 Å². The Labute approximate surface area is 248 Å². The first kappa shape index (κ1) is 28.0. The van der Waals surface area contributed by atoms with E-state index in [2.05, 4.69) is 38.0 Å². The molecule has 12 heteroatoms. The molecule has 5 heterocycles. The molecule has 9 nitrogen and oxygen atoms in total. The molecule has 2 fully saturated rings. The quantitative estimate of drug-likeness (QED) is 0.256. The molecule has 1 N–H and O–H groups in total. The van der Waals surface area contributed by atoms with Crippen LogP contribution in [0.15, 0.2) is 42.9 Å². The molecule has 0 bridgehead atoms. The Hall–Kier alpha value is -3.15. The maximum Gasteiger partial charge on any atom is 0.146 e. The summed E-state index contributed by atoms with van der Waals surface area (Å²) < 4.78 is 18.6. The van der Waals surface area contributed by atoms with Crippen molar-refractivity contribution in [3.05, 3.63) is 64.0 Å². The third-order valence-corrected chi connectivity index (χ3v) is 11.1. The van der Waals surface area contributed by atoms with Gasteiger partial charge in [-0.15, -0.1) is 0 Å². The van der Waals surface area contributed by atoms with Crippen molar-refractivity contribution in [3.63, 3.8) is 0 Å². The Balaban J connectivity index is 1.22. The lowest BCUT2D eigenvalue weighted by atomic mass is 9.89. The molecule has 0 aliphatic carbocycles. The fraction of sp³-hybridized carbons (Fsp3) is 0.379. The van der Waals surface area contributed by atoms with Gasteiger partial charge in [0.25, 0.3) is 0 Å². The zero-order valence-electron chi connectivity index (χ0n) is 23.1. The van der Waals surface area contributed by atoms with Crippen LogP contribution in [-0.2, 0) is 4.57 Å². The molecule has 4 aromatic rings. The third kappa shape index (κ3) is 5.30. The van der Waals surface area contributed by atoms with E-state index in [-0.39, 0.29) is 5.54 Å². The Kier molecular flexibility index (Phi) is 7.24. The Morgan fingerprint density at radius 1 is 1.15 bits per heavy atom. The van der Waals surface area contributed by atoms with Crippen LogP contribution in [0.3, 0.4) is 0 Å². The minimum atomic E-state index is -1.98. The molecule has 3 aromatic heterocycles. The van der Waals surface area contributed by atoms with Crippen molar-refractivity contribution < 1.29 is 9.30 Å². The average molecular weight is 610 g/mol. The van der Waals surface area contributed by atoms with Gasteiger partial charge in [0.1, 0.15) is 29.4 Å². The van der Waals surface area contributed by atoms with Gasteiger partial charge in [-0.2, -0.15) is 10.4 Å². The molecule has 1 atom stereocenters. The van der Waals surface area contributed by atoms with Gasteiger partial charge in [-0.25, -0.2) is 4.98 Å². The van der Waals surface area contributed by atoms with Crippen LogP contribution in [0.5, 0.6) is 5.75 Å². The predicted molar refractivity (Wildman–Crippen MR) is 163 cm³/mol. The summed E-state index contributed by atoms with van der Waals surface area (Å²) in [5.74, 6) is 1.30. The number of aromatic nitrogens is 4. The highest BCUT2D eigenvalue weighted by molar-refractivity contribution is 7.63. The van der Waals surface area contributed by atoms with Crippen molar-refractivity contribution in [2.75, 3.05) is 50.1 Å². The summed E-state index contributed by atoms with van der Waals surface area (Å²) in [5, 5.41) is 19.3. The second kappa shape index (κ2) is 10.6. The summed E-state index contributed by atoms with van der Waals surface area (Å²) in [6.45, 7) is 9.29. The number of H-pyrrole nitrogens is 1. The van der Waals surface area contributed by atoms with Crippen LogP contribution in [0, 0.1) is 11.3 Å². The highest BCUT2D eigenvalue weighted by Gasteiger charge is 2.46. The number of pyridine rings is 2. The zero-order chi connectivity index (χ0) is 28.9. The van der Waals surface area contributed by atoms with E-state index < -0.39 is 13.2 Å². The highest BCUT2D eigenvalue weighted by atomic mass is 35.5. The predicted octanol–water partition coefficient (Wildman–Crippen LogP) is 6.23. The summed E-state index contributed by atoms with van der Waals surface area (Å²) in [7, 11) is -1.98. The summed E-state index contributed by atoms with van der Waals surface area (Å²) >= 11 is 12.7. The van der Waals surface area contributed by atoms with E-state index in [1.807, 2.05) is 37.9 Å². The summed E-state index contributed by atoms with van der Waals surface area (Å²) in [6.07, 6.45) is 5.99. The topological polar surface area (TPSA) is 111 Å². The molecule has 2 saturated heterocycles. The van der Waals surface area contributed by atoms with Gasteiger partial charge < -0.3 is 14.2 Å². The first-order chi connectivity index (χ1) is 19.6. The van der Waals surface area contributed by atoms with E-state index in [9.17, 15) is 9.83 Å². The number of halogens is 2. The Morgan fingerprint density at radius 3 is 2.54 bits per heavy atom. The minimum Gasteiger partial charge on any atom is -0.486 e. The molecule has 0 spiro atoms. The molecule has 0 amide bonds. The number of nitrogens with one attached hydrogen (secondary N) is 1. The minimum absolute atomic E-state index is 0.00977. The molecule has 41 heavy (non-hydrogen) atoms. The molecular formula is C29H30Cl2N7O2P. The fourth-order valence-electron chi connectivity index (χ4n) is 5.83. The normalized spacial score (nSPS) is 19.0. The summed E-state index contributed by atoms with van der Waals surface area (Å²) in [4.78, 5) is 13.3. The van der Waals surface area contributed by atoms with Gasteiger partial charge in [0.15, 0.2) is 0 Å². The van der Waals surface area contributed by atoms with Gasteiger partial charge in [-0.05, 0) is 44.8 Å². The lowest BCUT2D eigenvalue weighted by Crippen LogP contribution is -2.70. The van der Waals surface area contributed by atoms with Gasteiger partial charge in [0.05, 0.1) is 33.8 Å². The zero-order valence-corrected chi connectivity index (χ0v) is 25.5. The molecule has 0 unspecified atom stereocenters. The van der Waals surface area contributed by atoms with Crippen LogP contribution in [0.25, 0.3) is 22.2 Å². The van der Waals surface area contributed by atoms with Crippen molar-refractivity contribution in [1.29, 1.82) is 5.26 Å². The fourth-order valence-corrected chi connectivity index (χ4v) is 8.06. The van der Waals surface area contributed by atoms with Crippen LogP contribution in [0.4, 0.5) is 5.82 Å². The second-order valence-electron chi connectivity index (χ2n) is 11.3. The van der Waals surface area contributed by atoms with Crippen molar-refractivity contribution >= 4 is 47.1 Å². The molecule has 212 valence electrons. The Morgan fingerprint density at radius 2 is 1.85 bits per heavy atom. The van der Waals surface area contributed by atoms with Crippen LogP contribution >= 0.6 is 30.3 Å². The van der Waals surface area contributed by atoms with E-state index in [1.54, 1.807) is 18.6 Å². The van der Waals surface area contributed by atoms with Gasteiger partial charge >= 0.3 is 0 Å². The number of aromatic amines is 1. The third-order valence-electron chi connectivity index (χ3n) is 8.22. The maximum absolute atomic E-state index is 12.4. The van der Waals surface area contributed by atoms with E-state index in [1.165, 1.54) is 0 Å². The van der Waals surface area contributed by atoms with Gasteiger partial charge in [-0.1, -0.05) is 23.2 Å². The molecule has 6 rings (SSSR count). The molecular weight excluding hydrogens is 580 g/mol. The van der Waals surface area contributed by atoms with Gasteiger partial charge in [-0.3, -0.25) is 15.0 Å². The lowest BCUT2D eigenvalue weighted by Gasteiger charge is -2.56. The number of benzene rings is 1. The van der Waals surface area contributed by atoms with E-state index in [0.29, 0.717) is 38.4 Å². The number of rotatable bonds is 6. The van der Waals surface area contributed by atoms with Crippen LogP contribution in [0.1, 0.15) is 31.1 Å². The number of anilines is 1. The van der Waals surface area contributed by atoms with E-state index in [0.717, 1.165) is 55.0 Å². The van der Waals surface area contributed by atoms with Gasteiger partial charge in [0.2, 0.25) is 0 Å². The summed E-state index contributed by atoms with van der Waals surface area (Å²) in [6, 6.07) is 9.83. The SMILES string of the molecule is C[C@@H](Oc1ccc2[nH]nc(-c3cnc(N4CC(C)(N5CCP(C)(=O)CC5)C4)c(C#N)c3)c2c1)c1c(Cl)cncc1Cl. The number of ether oxygens (including phenoxy) is 1. The largest absolute Gasteiger partial charge is 0.486 e. The first-order valence-electron chi connectivity index (χ1n) is 13.5. The lowest BCUT2D eigenvalue weighted by molar-refractivity contribution is 0.0832. The van der Waals surface area contributed by atoms with Crippen molar-refractivity contribution in [2.24, 2.45) is 0 Å². The van der Waals surface area contributed by atoms with E-state index in [4.69, 9.17) is 32.9 Å². The Bertz CT molecular complexity index is 1700. The smallest absolute Gasteiger partial charge is 0.146 e. The van der Waals surface area contributed by atoms with Crippen LogP contribution in [0.2, 0.25) is 10.0 Å². The number of nitrogens with zero attached hydrogens (tertiary/aromatic N) is 6. The second-order valence-corrected chi connectivity index (χ2v) is 15.7. The van der Waals surface area contributed by atoms with Crippen LogP contribution < -0.4 is 9.64 Å². The number of hydrogen-bond donors (Lipinski definition) is 1. The van der Waals surface area contributed by atoms with Crippen molar-refractivity contribution in [1.82, 2.24) is 25.1 Å². The first-order valence-corrected chi connectivity index (χ1v) is 16.7. The molecule has 0 saturated carbocycles. The van der Waals surface area contributed by atoms with Crippen molar-refractivity contribution in [3.8, 4) is 23.1 Å². The number of fused-ring (bicyclic) bond motifs is 1. The van der Waals surface area contributed by atoms with Crippen molar-refractivity contribution in [2.45, 2.75) is 25.5 Å². The standard InChI is InChI=1S/C29H30Cl2N7O2P/c1-18(26-23(30)14-33-15-24(26)31)40-21-4-5-25-22(11-21)27(36-35-25)20-10-19(12-32)28(34-13-20)37-16-29(2,17-37)38-6-8-41(3,39)9-7-38/h4-5,10-11,13-15,18H,6-9,16-17H2,1-3H3,(H,35,36)/t18-/m1/s1. The molecule has 0 radical (unpaired) electrons. The van der Waals surface area contributed by atoms with Crippen LogP contribution in [-0.4, -0.2) is 75.8 Å². The molecule has 1 aromatic carbocycles. The number of nitriles is 1. The molecule has 2 aliphatic rings. The number of hydrogen-bond acceptors (Lipinski definition) is 8. The highest BCUT2D eigenvalue weighted by Crippen LogP contribution is 2.45. The average Bonchev–Trinajstić information content (AvgIpc) is 3.34.